The molecule has 2 atom stereocenters. The zero-order chi connectivity index (χ0) is 12.4. The van der Waals surface area contributed by atoms with Gasteiger partial charge >= 0.3 is 0 Å². The average Bonchev–Trinajstić information content (AvgIpc) is 2.84. The maximum atomic E-state index is 12.2. The van der Waals surface area contributed by atoms with Gasteiger partial charge < -0.3 is 9.73 Å². The van der Waals surface area contributed by atoms with Crippen LogP contribution in [0.1, 0.15) is 12.8 Å². The quantitative estimate of drug-likeness (QED) is 0.920. The number of nitrogens with zero attached hydrogens (tertiary/aromatic N) is 1. The van der Waals surface area contributed by atoms with Gasteiger partial charge in [-0.15, -0.1) is 0 Å². The number of hydrogen-bond donors (Lipinski definition) is 1. The van der Waals surface area contributed by atoms with Crippen LogP contribution in [-0.4, -0.2) is 28.0 Å². The smallest absolute Gasteiger partial charge is 0.287 e. The summed E-state index contributed by atoms with van der Waals surface area (Å²) < 4.78 is 17.7. The Morgan fingerprint density at radius 3 is 3.11 bits per heavy atom. The first kappa shape index (κ1) is 11.9. The third-order valence-electron chi connectivity index (χ3n) is 3.26. The van der Waals surface area contributed by atoms with Gasteiger partial charge in [-0.1, -0.05) is 12.1 Å². The van der Waals surface area contributed by atoms with Crippen LogP contribution in [-0.2, 0) is 10.8 Å². The summed E-state index contributed by atoms with van der Waals surface area (Å²) in [6.45, 7) is 2.03. The standard InChI is InChI=1S/C13H16N2O2S/c16-18(9-10-4-3-7-14-8-10)13-15-11-5-1-2-6-12(11)17-13/h1-2,5-6,10,14H,3-4,7-9H2/t10-,18-/m1/s1. The number of rotatable bonds is 3. The molecular weight excluding hydrogens is 248 g/mol. The summed E-state index contributed by atoms with van der Waals surface area (Å²) in [7, 11) is -1.13. The van der Waals surface area contributed by atoms with E-state index in [2.05, 4.69) is 10.3 Å². The van der Waals surface area contributed by atoms with Crippen LogP contribution in [0.3, 0.4) is 0 Å². The molecule has 1 aliphatic heterocycles. The number of nitrogens with one attached hydrogen (secondary N) is 1. The van der Waals surface area contributed by atoms with Gasteiger partial charge in [-0.05, 0) is 44.0 Å². The van der Waals surface area contributed by atoms with Crippen molar-refractivity contribution in [3.63, 3.8) is 0 Å². The molecule has 1 saturated heterocycles. The number of fused-ring (bicyclic) bond motifs is 1. The normalized spacial score (nSPS) is 22.1. The van der Waals surface area contributed by atoms with Gasteiger partial charge in [0.1, 0.15) is 16.3 Å². The van der Waals surface area contributed by atoms with E-state index in [9.17, 15) is 4.21 Å². The Labute approximate surface area is 108 Å². The van der Waals surface area contributed by atoms with Gasteiger partial charge in [0.05, 0.1) is 0 Å². The van der Waals surface area contributed by atoms with Gasteiger partial charge in [-0.2, -0.15) is 0 Å². The van der Waals surface area contributed by atoms with E-state index in [1.165, 1.54) is 0 Å². The summed E-state index contributed by atoms with van der Waals surface area (Å²) in [6, 6.07) is 7.53. The van der Waals surface area contributed by atoms with Crippen LogP contribution in [0.15, 0.2) is 33.9 Å². The predicted octanol–water partition coefficient (Wildman–Crippen LogP) is 1.93. The molecule has 0 amide bonds. The number of oxazole rings is 1. The van der Waals surface area contributed by atoms with Crippen LogP contribution in [0, 0.1) is 5.92 Å². The van der Waals surface area contributed by atoms with Crippen molar-refractivity contribution in [2.45, 2.75) is 18.1 Å². The van der Waals surface area contributed by atoms with Crippen LogP contribution >= 0.6 is 0 Å². The highest BCUT2D eigenvalue weighted by Gasteiger charge is 2.20. The lowest BCUT2D eigenvalue weighted by atomic mass is 10.0. The summed E-state index contributed by atoms with van der Waals surface area (Å²) in [5, 5.41) is 3.70. The lowest BCUT2D eigenvalue weighted by molar-refractivity contribution is 0.404. The fourth-order valence-electron chi connectivity index (χ4n) is 2.30. The number of benzene rings is 1. The molecule has 1 fully saturated rings. The number of piperidine rings is 1. The van der Waals surface area contributed by atoms with Gasteiger partial charge in [0.15, 0.2) is 5.58 Å². The molecule has 1 N–H and O–H groups in total. The molecule has 0 bridgehead atoms. The molecule has 3 rings (SSSR count). The van der Waals surface area contributed by atoms with E-state index in [1.54, 1.807) is 0 Å². The second-order valence-electron chi connectivity index (χ2n) is 4.67. The van der Waals surface area contributed by atoms with Gasteiger partial charge in [-0.3, -0.25) is 0 Å². The van der Waals surface area contributed by atoms with Crippen molar-refractivity contribution in [1.29, 1.82) is 0 Å². The minimum Gasteiger partial charge on any atom is -0.430 e. The fourth-order valence-corrected chi connectivity index (χ4v) is 3.54. The molecule has 1 aromatic heterocycles. The monoisotopic (exact) mass is 264 g/mol. The Morgan fingerprint density at radius 2 is 2.33 bits per heavy atom. The van der Waals surface area contributed by atoms with Crippen molar-refractivity contribution < 1.29 is 8.63 Å². The van der Waals surface area contributed by atoms with Crippen molar-refractivity contribution in [3.8, 4) is 0 Å². The first-order valence-corrected chi connectivity index (χ1v) is 7.59. The summed E-state index contributed by atoms with van der Waals surface area (Å²) >= 11 is 0. The fraction of sp³-hybridized carbons (Fsp3) is 0.462. The Hall–Kier alpha value is -1.20. The van der Waals surface area contributed by atoms with Crippen molar-refractivity contribution in [1.82, 2.24) is 10.3 Å². The largest absolute Gasteiger partial charge is 0.430 e. The number of para-hydroxylation sites is 2. The molecule has 18 heavy (non-hydrogen) atoms. The van der Waals surface area contributed by atoms with Gasteiger partial charge in [0, 0.05) is 5.75 Å². The molecule has 1 aromatic carbocycles. The van der Waals surface area contributed by atoms with Crippen molar-refractivity contribution in [2.75, 3.05) is 18.8 Å². The van der Waals surface area contributed by atoms with E-state index < -0.39 is 10.8 Å². The van der Waals surface area contributed by atoms with Crippen molar-refractivity contribution in [3.05, 3.63) is 24.3 Å². The second kappa shape index (κ2) is 5.20. The Bertz CT molecular complexity index is 528. The van der Waals surface area contributed by atoms with E-state index in [0.717, 1.165) is 31.4 Å². The second-order valence-corrected chi connectivity index (χ2v) is 6.05. The van der Waals surface area contributed by atoms with E-state index in [4.69, 9.17) is 4.42 Å². The van der Waals surface area contributed by atoms with E-state index in [1.807, 2.05) is 24.3 Å². The van der Waals surface area contributed by atoms with Crippen LogP contribution in [0.4, 0.5) is 0 Å². The lowest BCUT2D eigenvalue weighted by Crippen LogP contribution is -2.32. The van der Waals surface area contributed by atoms with E-state index in [-0.39, 0.29) is 0 Å². The highest BCUT2D eigenvalue weighted by Crippen LogP contribution is 2.20. The Kier molecular flexibility index (Phi) is 3.43. The van der Waals surface area contributed by atoms with Crippen molar-refractivity contribution >= 4 is 21.9 Å². The SMILES string of the molecule is O=[S@](C[C@@H]1CCCNC1)c1nc2ccccc2o1. The average molecular weight is 264 g/mol. The molecule has 2 aromatic rings. The highest BCUT2D eigenvalue weighted by atomic mass is 32.2. The maximum absolute atomic E-state index is 12.2. The molecular formula is C13H16N2O2S. The Balaban J connectivity index is 1.74. The van der Waals surface area contributed by atoms with Crippen LogP contribution in [0.25, 0.3) is 11.1 Å². The van der Waals surface area contributed by atoms with Gasteiger partial charge in [0.2, 0.25) is 0 Å². The topological polar surface area (TPSA) is 55.1 Å². The first-order chi connectivity index (χ1) is 8.83. The molecule has 4 nitrogen and oxygen atoms in total. The molecule has 0 saturated carbocycles. The molecule has 96 valence electrons. The van der Waals surface area contributed by atoms with E-state index >= 15 is 0 Å². The van der Waals surface area contributed by atoms with Crippen molar-refractivity contribution in [2.24, 2.45) is 5.92 Å². The molecule has 0 unspecified atom stereocenters. The summed E-state index contributed by atoms with van der Waals surface area (Å²) in [4.78, 5) is 4.29. The molecule has 2 heterocycles. The van der Waals surface area contributed by atoms with Crippen LogP contribution in [0.5, 0.6) is 0 Å². The molecule has 0 radical (unpaired) electrons. The first-order valence-electron chi connectivity index (χ1n) is 6.27. The predicted molar refractivity (Wildman–Crippen MR) is 70.9 cm³/mol. The zero-order valence-corrected chi connectivity index (χ0v) is 10.9. The van der Waals surface area contributed by atoms with Crippen LogP contribution in [0.2, 0.25) is 0 Å². The van der Waals surface area contributed by atoms with Gasteiger partial charge in [-0.25, -0.2) is 9.19 Å². The molecule has 0 aliphatic carbocycles. The van der Waals surface area contributed by atoms with Crippen LogP contribution < -0.4 is 5.32 Å². The lowest BCUT2D eigenvalue weighted by Gasteiger charge is -2.21. The Morgan fingerprint density at radius 1 is 1.44 bits per heavy atom. The maximum Gasteiger partial charge on any atom is 0.287 e. The summed E-state index contributed by atoms with van der Waals surface area (Å²) in [5.74, 6) is 1.11. The highest BCUT2D eigenvalue weighted by molar-refractivity contribution is 7.84. The number of aromatic nitrogens is 1. The number of hydrogen-bond acceptors (Lipinski definition) is 4. The van der Waals surface area contributed by atoms with E-state index in [0.29, 0.717) is 22.5 Å². The third-order valence-corrected chi connectivity index (χ3v) is 4.59. The summed E-state index contributed by atoms with van der Waals surface area (Å²) in [6.07, 6.45) is 2.30. The minimum atomic E-state index is -1.13. The van der Waals surface area contributed by atoms with Gasteiger partial charge in [0.25, 0.3) is 5.22 Å². The minimum absolute atomic E-state index is 0.363. The third kappa shape index (κ3) is 2.47. The molecule has 5 heteroatoms. The molecule has 1 aliphatic rings. The molecule has 0 spiro atoms. The summed E-state index contributed by atoms with van der Waals surface area (Å²) in [5.41, 5.74) is 1.49. The zero-order valence-electron chi connectivity index (χ0n) is 10.1.